The average molecular weight is 448 g/mol. The minimum Gasteiger partial charge on any atom is -0.469 e. The van der Waals surface area contributed by atoms with Gasteiger partial charge in [-0.15, -0.1) is 0 Å². The van der Waals surface area contributed by atoms with Crippen molar-refractivity contribution >= 4 is 18.0 Å². The molecule has 1 unspecified atom stereocenters. The van der Waals surface area contributed by atoms with Crippen molar-refractivity contribution in [1.82, 2.24) is 0 Å². The fraction of sp³-hybridized carbons (Fsp3) is 0.360. The van der Waals surface area contributed by atoms with Crippen molar-refractivity contribution in [2.24, 2.45) is 5.92 Å². The van der Waals surface area contributed by atoms with E-state index in [2.05, 4.69) is 4.74 Å². The fourth-order valence-electron chi connectivity index (χ4n) is 3.38. The Balaban J connectivity index is 2.16. The third-order valence-corrected chi connectivity index (χ3v) is 5.12. The lowest BCUT2D eigenvalue weighted by molar-refractivity contribution is -0.140. The van der Waals surface area contributed by atoms with Gasteiger partial charge in [0.15, 0.2) is 0 Å². The van der Waals surface area contributed by atoms with Crippen LogP contribution in [0.25, 0.3) is 6.08 Å². The molecule has 0 saturated heterocycles. The highest BCUT2D eigenvalue weighted by molar-refractivity contribution is 5.89. The van der Waals surface area contributed by atoms with Crippen molar-refractivity contribution in [3.8, 4) is 0 Å². The van der Waals surface area contributed by atoms with Gasteiger partial charge in [-0.2, -0.15) is 13.2 Å². The van der Waals surface area contributed by atoms with E-state index in [0.29, 0.717) is 31.2 Å². The third-order valence-electron chi connectivity index (χ3n) is 5.12. The topological polar surface area (TPSA) is 52.6 Å². The Kier molecular flexibility index (Phi) is 9.50. The van der Waals surface area contributed by atoms with Gasteiger partial charge in [0.25, 0.3) is 0 Å². The van der Waals surface area contributed by atoms with Gasteiger partial charge in [-0.05, 0) is 54.5 Å². The molecule has 2 rings (SSSR count). The van der Waals surface area contributed by atoms with Crippen LogP contribution in [0.15, 0.2) is 54.6 Å². The summed E-state index contributed by atoms with van der Waals surface area (Å²) in [5, 5.41) is 0. The van der Waals surface area contributed by atoms with Crippen LogP contribution in [0.4, 0.5) is 13.2 Å². The molecule has 0 spiro atoms. The van der Waals surface area contributed by atoms with Crippen molar-refractivity contribution in [3.05, 3.63) is 76.9 Å². The summed E-state index contributed by atoms with van der Waals surface area (Å²) >= 11 is 0. The molecule has 0 saturated carbocycles. The number of hydrogen-bond donors (Lipinski definition) is 0. The van der Waals surface area contributed by atoms with E-state index in [-0.39, 0.29) is 17.5 Å². The van der Waals surface area contributed by atoms with Crippen LogP contribution in [-0.4, -0.2) is 26.2 Å². The lowest BCUT2D eigenvalue weighted by Gasteiger charge is -2.15. The predicted octanol–water partition coefficient (Wildman–Crippen LogP) is 6.10. The molecule has 0 N–H and O–H groups in total. The van der Waals surface area contributed by atoms with Gasteiger partial charge in [0.2, 0.25) is 0 Å². The number of carbonyl (C=O) groups excluding carboxylic acids is 2. The number of unbranched alkanes of at least 4 members (excludes halogenated alkanes) is 1. The van der Waals surface area contributed by atoms with Crippen molar-refractivity contribution in [1.29, 1.82) is 0 Å². The molecule has 0 fully saturated rings. The standard InChI is InChI=1S/C25H27F3O4/c1-31-23(29)10-6-3-7-18(17-19-12-15-21(16-13-19)24(30)32-2)11-14-20-8-4-5-9-22(20)25(26,27)28/h4-5,8-9,11-16,18H,3,6-7,10,17H2,1-2H3/b14-11+. The quantitative estimate of drug-likeness (QED) is 0.326. The number of ether oxygens (including phenoxy) is 2. The monoisotopic (exact) mass is 448 g/mol. The maximum absolute atomic E-state index is 13.3. The normalized spacial score (nSPS) is 12.5. The van der Waals surface area contributed by atoms with Crippen LogP contribution >= 0.6 is 0 Å². The maximum Gasteiger partial charge on any atom is 0.416 e. The maximum atomic E-state index is 13.3. The van der Waals surface area contributed by atoms with E-state index < -0.39 is 17.7 Å². The number of halogens is 3. The molecule has 0 heterocycles. The Bertz CT molecular complexity index is 918. The van der Waals surface area contributed by atoms with Gasteiger partial charge in [0.1, 0.15) is 0 Å². The van der Waals surface area contributed by atoms with Gasteiger partial charge in [-0.1, -0.05) is 48.9 Å². The van der Waals surface area contributed by atoms with E-state index >= 15 is 0 Å². The van der Waals surface area contributed by atoms with Crippen LogP contribution in [0, 0.1) is 5.92 Å². The summed E-state index contributed by atoms with van der Waals surface area (Å²) in [4.78, 5) is 22.9. The number of esters is 2. The molecule has 0 aliphatic rings. The molecule has 1 atom stereocenters. The molecule has 0 bridgehead atoms. The molecule has 4 nitrogen and oxygen atoms in total. The third kappa shape index (κ3) is 7.87. The minimum atomic E-state index is -4.43. The highest BCUT2D eigenvalue weighted by Gasteiger charge is 2.32. The number of alkyl halides is 3. The van der Waals surface area contributed by atoms with Crippen molar-refractivity contribution < 1.29 is 32.2 Å². The summed E-state index contributed by atoms with van der Waals surface area (Å²) in [7, 11) is 2.65. The first-order chi connectivity index (χ1) is 15.2. The van der Waals surface area contributed by atoms with Gasteiger partial charge >= 0.3 is 18.1 Å². The van der Waals surface area contributed by atoms with Gasteiger partial charge in [-0.3, -0.25) is 4.79 Å². The van der Waals surface area contributed by atoms with Gasteiger partial charge < -0.3 is 9.47 Å². The number of methoxy groups -OCH3 is 2. The van der Waals surface area contributed by atoms with E-state index in [1.165, 1.54) is 32.4 Å². The predicted molar refractivity (Wildman–Crippen MR) is 116 cm³/mol. The van der Waals surface area contributed by atoms with Crippen LogP contribution in [-0.2, 0) is 26.9 Å². The van der Waals surface area contributed by atoms with E-state index in [4.69, 9.17) is 4.74 Å². The van der Waals surface area contributed by atoms with E-state index in [0.717, 1.165) is 18.1 Å². The SMILES string of the molecule is COC(=O)CCCCC(/C=C/c1ccccc1C(F)(F)F)Cc1ccc(C(=O)OC)cc1. The Labute approximate surface area is 186 Å². The van der Waals surface area contributed by atoms with Crippen LogP contribution in [0.5, 0.6) is 0 Å². The Morgan fingerprint density at radius 3 is 2.28 bits per heavy atom. The smallest absolute Gasteiger partial charge is 0.416 e. The molecule has 0 aliphatic heterocycles. The zero-order valence-electron chi connectivity index (χ0n) is 18.2. The summed E-state index contributed by atoms with van der Waals surface area (Å²) in [5.41, 5.74) is 0.814. The minimum absolute atomic E-state index is 0.0436. The molecular weight excluding hydrogens is 421 g/mol. The molecule has 0 aliphatic carbocycles. The number of carbonyl (C=O) groups is 2. The van der Waals surface area contributed by atoms with E-state index in [1.807, 2.05) is 12.1 Å². The lowest BCUT2D eigenvalue weighted by Crippen LogP contribution is -2.07. The fourth-order valence-corrected chi connectivity index (χ4v) is 3.38. The molecule has 0 amide bonds. The zero-order chi connectivity index (χ0) is 23.6. The Morgan fingerprint density at radius 2 is 1.66 bits per heavy atom. The second-order valence-electron chi connectivity index (χ2n) is 7.42. The first-order valence-corrected chi connectivity index (χ1v) is 10.3. The summed E-state index contributed by atoms with van der Waals surface area (Å²) in [6.45, 7) is 0. The van der Waals surface area contributed by atoms with E-state index in [9.17, 15) is 22.8 Å². The average Bonchev–Trinajstić information content (AvgIpc) is 2.79. The summed E-state index contributed by atoms with van der Waals surface area (Å²) < 4.78 is 49.2. The van der Waals surface area contributed by atoms with Crippen LogP contribution < -0.4 is 0 Å². The Morgan fingerprint density at radius 1 is 0.969 bits per heavy atom. The summed E-state index contributed by atoms with van der Waals surface area (Å²) in [6.07, 6.45) is 1.82. The van der Waals surface area contributed by atoms with Crippen LogP contribution in [0.3, 0.4) is 0 Å². The molecule has 172 valence electrons. The van der Waals surface area contributed by atoms with E-state index in [1.54, 1.807) is 24.3 Å². The molecule has 2 aromatic carbocycles. The van der Waals surface area contributed by atoms with Gasteiger partial charge in [-0.25, -0.2) is 4.79 Å². The molecule has 7 heteroatoms. The first kappa shape index (κ1) is 25.2. The number of rotatable bonds is 10. The van der Waals surface area contributed by atoms with Gasteiger partial charge in [0.05, 0.1) is 25.3 Å². The highest BCUT2D eigenvalue weighted by atomic mass is 19.4. The van der Waals surface area contributed by atoms with Crippen LogP contribution in [0.2, 0.25) is 0 Å². The first-order valence-electron chi connectivity index (χ1n) is 10.3. The Hall–Kier alpha value is -3.09. The number of hydrogen-bond acceptors (Lipinski definition) is 4. The zero-order valence-corrected chi connectivity index (χ0v) is 18.2. The highest BCUT2D eigenvalue weighted by Crippen LogP contribution is 2.33. The lowest BCUT2D eigenvalue weighted by atomic mass is 9.92. The van der Waals surface area contributed by atoms with Crippen molar-refractivity contribution in [3.63, 3.8) is 0 Å². The second kappa shape index (κ2) is 12.1. The molecule has 0 radical (unpaired) electrons. The van der Waals surface area contributed by atoms with Crippen molar-refractivity contribution in [2.75, 3.05) is 14.2 Å². The van der Waals surface area contributed by atoms with Crippen molar-refractivity contribution in [2.45, 2.75) is 38.3 Å². The molecule has 32 heavy (non-hydrogen) atoms. The van der Waals surface area contributed by atoms with Gasteiger partial charge in [0, 0.05) is 6.42 Å². The summed E-state index contributed by atoms with van der Waals surface area (Å²) in [5.74, 6) is -0.757. The van der Waals surface area contributed by atoms with Crippen LogP contribution in [0.1, 0.15) is 52.7 Å². The molecular formula is C25H27F3O4. The second-order valence-corrected chi connectivity index (χ2v) is 7.42. The summed E-state index contributed by atoms with van der Waals surface area (Å²) in [6, 6.07) is 12.4. The largest absolute Gasteiger partial charge is 0.469 e. The number of allylic oxidation sites excluding steroid dienone is 1. The molecule has 0 aromatic heterocycles. The number of benzene rings is 2. The molecule has 2 aromatic rings.